The lowest BCUT2D eigenvalue weighted by atomic mass is 10.2. The molecule has 17 heavy (non-hydrogen) atoms. The first-order valence-corrected chi connectivity index (χ1v) is 5.58. The number of nitrogens with zero attached hydrogens (tertiary/aromatic N) is 2. The number of carbonyl (C=O) groups is 1. The minimum atomic E-state index is -0.344. The largest absolute Gasteiger partial charge is 0.374 e. The van der Waals surface area contributed by atoms with Crippen LogP contribution in [0, 0.1) is 5.82 Å². The van der Waals surface area contributed by atoms with Crippen molar-refractivity contribution in [3.8, 4) is 0 Å². The number of benzene rings is 1. The van der Waals surface area contributed by atoms with Gasteiger partial charge >= 0.3 is 0 Å². The van der Waals surface area contributed by atoms with Gasteiger partial charge in [0.15, 0.2) is 0 Å². The highest BCUT2D eigenvalue weighted by Gasteiger charge is 2.10. The molecule has 3 N–H and O–H groups in total. The maximum absolute atomic E-state index is 12.6. The molecule has 1 aromatic heterocycles. The molecule has 0 radical (unpaired) electrons. The smallest absolute Gasteiger partial charge is 0.282 e. The van der Waals surface area contributed by atoms with Gasteiger partial charge in [0, 0.05) is 6.54 Å². The second-order valence-electron chi connectivity index (χ2n) is 3.25. The molecule has 0 aliphatic heterocycles. The van der Waals surface area contributed by atoms with Crippen molar-refractivity contribution in [1.29, 1.82) is 0 Å². The van der Waals surface area contributed by atoms with Gasteiger partial charge in [0.05, 0.1) is 0 Å². The lowest BCUT2D eigenvalue weighted by Gasteiger charge is -2.02. The molecule has 2 rings (SSSR count). The van der Waals surface area contributed by atoms with Crippen LogP contribution in [-0.4, -0.2) is 16.1 Å². The Kier molecular flexibility index (Phi) is 3.29. The third-order valence-electron chi connectivity index (χ3n) is 2.00. The van der Waals surface area contributed by atoms with Crippen molar-refractivity contribution < 1.29 is 9.18 Å². The van der Waals surface area contributed by atoms with Gasteiger partial charge in [-0.1, -0.05) is 23.5 Å². The summed E-state index contributed by atoms with van der Waals surface area (Å²) >= 11 is 1.02. The van der Waals surface area contributed by atoms with Crippen LogP contribution >= 0.6 is 11.3 Å². The second-order valence-corrected chi connectivity index (χ2v) is 4.26. The van der Waals surface area contributed by atoms with Gasteiger partial charge < -0.3 is 11.1 Å². The molecule has 0 spiro atoms. The van der Waals surface area contributed by atoms with Crippen LogP contribution in [0.15, 0.2) is 24.3 Å². The van der Waals surface area contributed by atoms with Crippen molar-refractivity contribution >= 4 is 22.4 Å². The Morgan fingerprint density at radius 2 is 2.06 bits per heavy atom. The van der Waals surface area contributed by atoms with Gasteiger partial charge in [-0.3, -0.25) is 4.79 Å². The van der Waals surface area contributed by atoms with Gasteiger partial charge in [-0.05, 0) is 17.7 Å². The molecule has 0 aliphatic rings. The SMILES string of the molecule is Nc1nnc(C(=O)NCc2ccc(F)cc2)s1. The molecule has 5 nitrogen and oxygen atoms in total. The predicted molar refractivity (Wildman–Crippen MR) is 61.9 cm³/mol. The number of anilines is 1. The van der Waals surface area contributed by atoms with Crippen molar-refractivity contribution in [3.63, 3.8) is 0 Å². The Hall–Kier alpha value is -2.02. The standard InChI is InChI=1S/C10H9FN4OS/c11-7-3-1-6(2-4-7)5-13-8(16)9-14-15-10(12)17-9/h1-4H,5H2,(H2,12,15)(H,13,16). The van der Waals surface area contributed by atoms with Crippen LogP contribution in [-0.2, 0) is 6.54 Å². The molecule has 0 aliphatic carbocycles. The zero-order valence-corrected chi connectivity index (χ0v) is 9.50. The number of nitrogen functional groups attached to an aromatic ring is 1. The summed E-state index contributed by atoms with van der Waals surface area (Å²) in [6.45, 7) is 0.304. The van der Waals surface area contributed by atoms with Crippen molar-refractivity contribution in [2.24, 2.45) is 0 Å². The maximum Gasteiger partial charge on any atom is 0.282 e. The van der Waals surface area contributed by atoms with E-state index in [2.05, 4.69) is 15.5 Å². The molecule has 0 unspecified atom stereocenters. The van der Waals surface area contributed by atoms with Gasteiger partial charge in [0.1, 0.15) is 5.82 Å². The summed E-state index contributed by atoms with van der Waals surface area (Å²) in [5.41, 5.74) is 6.17. The summed E-state index contributed by atoms with van der Waals surface area (Å²) in [6, 6.07) is 5.88. The molecule has 0 saturated carbocycles. The summed E-state index contributed by atoms with van der Waals surface area (Å²) in [6.07, 6.45) is 0. The fourth-order valence-electron chi connectivity index (χ4n) is 1.19. The molecule has 7 heteroatoms. The van der Waals surface area contributed by atoms with E-state index in [4.69, 9.17) is 5.73 Å². The lowest BCUT2D eigenvalue weighted by molar-refractivity contribution is 0.0950. The Morgan fingerprint density at radius 3 is 2.65 bits per heavy atom. The minimum absolute atomic E-state index is 0.213. The van der Waals surface area contributed by atoms with E-state index in [1.165, 1.54) is 12.1 Å². The number of rotatable bonds is 3. The van der Waals surface area contributed by atoms with Crippen LogP contribution in [0.3, 0.4) is 0 Å². The number of amides is 1. The highest BCUT2D eigenvalue weighted by Crippen LogP contribution is 2.10. The zero-order chi connectivity index (χ0) is 12.3. The van der Waals surface area contributed by atoms with Gasteiger partial charge in [-0.25, -0.2) is 4.39 Å². The number of nitrogens with two attached hydrogens (primary N) is 1. The van der Waals surface area contributed by atoms with Crippen LogP contribution in [0.1, 0.15) is 15.4 Å². The van der Waals surface area contributed by atoms with E-state index in [0.717, 1.165) is 16.9 Å². The van der Waals surface area contributed by atoms with Crippen LogP contribution < -0.4 is 11.1 Å². The van der Waals surface area contributed by atoms with E-state index in [0.29, 0.717) is 6.54 Å². The highest BCUT2D eigenvalue weighted by molar-refractivity contribution is 7.16. The first-order chi connectivity index (χ1) is 8.15. The second kappa shape index (κ2) is 4.88. The molecular formula is C10H9FN4OS. The van der Waals surface area contributed by atoms with E-state index in [1.807, 2.05) is 0 Å². The summed E-state index contributed by atoms with van der Waals surface area (Å²) < 4.78 is 12.6. The molecule has 2 aromatic rings. The normalized spacial score (nSPS) is 10.2. The summed E-state index contributed by atoms with van der Waals surface area (Å²) in [4.78, 5) is 11.6. The Balaban J connectivity index is 1.94. The van der Waals surface area contributed by atoms with Crippen LogP contribution in [0.2, 0.25) is 0 Å². The fraction of sp³-hybridized carbons (Fsp3) is 0.100. The third-order valence-corrected chi connectivity index (χ3v) is 2.75. The molecule has 0 saturated heterocycles. The molecule has 0 atom stereocenters. The Morgan fingerprint density at radius 1 is 1.35 bits per heavy atom. The van der Waals surface area contributed by atoms with Crippen LogP contribution in [0.25, 0.3) is 0 Å². The van der Waals surface area contributed by atoms with E-state index < -0.39 is 0 Å². The number of hydrogen-bond donors (Lipinski definition) is 2. The predicted octanol–water partition coefficient (Wildman–Crippen LogP) is 1.19. The van der Waals surface area contributed by atoms with E-state index >= 15 is 0 Å². The van der Waals surface area contributed by atoms with Gasteiger partial charge in [-0.2, -0.15) is 0 Å². The molecule has 1 amide bonds. The monoisotopic (exact) mass is 252 g/mol. The average Bonchev–Trinajstić information content (AvgIpc) is 2.75. The fourth-order valence-corrected chi connectivity index (χ4v) is 1.71. The zero-order valence-electron chi connectivity index (χ0n) is 8.68. The van der Waals surface area contributed by atoms with Gasteiger partial charge in [0.25, 0.3) is 5.91 Å². The lowest BCUT2D eigenvalue weighted by Crippen LogP contribution is -2.22. The summed E-state index contributed by atoms with van der Waals surface area (Å²) in [5.74, 6) is -0.652. The number of nitrogens with one attached hydrogen (secondary N) is 1. The maximum atomic E-state index is 12.6. The quantitative estimate of drug-likeness (QED) is 0.859. The molecule has 0 fully saturated rings. The van der Waals surface area contributed by atoms with E-state index in [9.17, 15) is 9.18 Å². The topological polar surface area (TPSA) is 80.9 Å². The molecular weight excluding hydrogens is 243 g/mol. The van der Waals surface area contributed by atoms with Crippen LogP contribution in [0.5, 0.6) is 0 Å². The highest BCUT2D eigenvalue weighted by atomic mass is 32.1. The number of aromatic nitrogens is 2. The third kappa shape index (κ3) is 2.97. The minimum Gasteiger partial charge on any atom is -0.374 e. The summed E-state index contributed by atoms with van der Waals surface area (Å²) in [7, 11) is 0. The van der Waals surface area contributed by atoms with Crippen molar-refractivity contribution in [2.45, 2.75) is 6.54 Å². The van der Waals surface area contributed by atoms with Crippen molar-refractivity contribution in [1.82, 2.24) is 15.5 Å². The average molecular weight is 252 g/mol. The van der Waals surface area contributed by atoms with Gasteiger partial charge in [-0.15, -0.1) is 10.2 Å². The van der Waals surface area contributed by atoms with Crippen molar-refractivity contribution in [2.75, 3.05) is 5.73 Å². The number of halogens is 1. The molecule has 1 aromatic carbocycles. The summed E-state index contributed by atoms with van der Waals surface area (Å²) in [5, 5.41) is 10.3. The number of carbonyl (C=O) groups excluding carboxylic acids is 1. The first kappa shape index (κ1) is 11.5. The first-order valence-electron chi connectivity index (χ1n) is 4.77. The molecule has 1 heterocycles. The molecule has 88 valence electrons. The van der Waals surface area contributed by atoms with E-state index in [-0.39, 0.29) is 21.9 Å². The molecule has 0 bridgehead atoms. The van der Waals surface area contributed by atoms with Crippen LogP contribution in [0.4, 0.5) is 9.52 Å². The van der Waals surface area contributed by atoms with Crippen molar-refractivity contribution in [3.05, 3.63) is 40.7 Å². The Labute approximate surface area is 100 Å². The number of hydrogen-bond acceptors (Lipinski definition) is 5. The Bertz CT molecular complexity index is 525. The van der Waals surface area contributed by atoms with E-state index in [1.54, 1.807) is 12.1 Å². The van der Waals surface area contributed by atoms with Gasteiger partial charge in [0.2, 0.25) is 10.1 Å².